The molecule has 3 aliphatic rings. The smallest absolute Gasteiger partial charge is 0.217 e. The molecular formula is C20H28N2O3. The summed E-state index contributed by atoms with van der Waals surface area (Å²) in [6, 6.07) is 4.63. The van der Waals surface area contributed by atoms with E-state index in [-0.39, 0.29) is 23.5 Å². The molecule has 1 amide bonds. The van der Waals surface area contributed by atoms with E-state index in [2.05, 4.69) is 30.5 Å². The molecule has 4 rings (SSSR count). The third-order valence-electron chi connectivity index (χ3n) is 6.58. The summed E-state index contributed by atoms with van der Waals surface area (Å²) in [5.41, 5.74) is 2.52. The molecule has 2 heterocycles. The molecule has 5 heteroatoms. The molecule has 1 saturated heterocycles. The van der Waals surface area contributed by atoms with Gasteiger partial charge in [0.25, 0.3) is 0 Å². The first-order valence-corrected chi connectivity index (χ1v) is 9.34. The van der Waals surface area contributed by atoms with E-state index < -0.39 is 0 Å². The predicted molar refractivity (Wildman–Crippen MR) is 96.2 cm³/mol. The van der Waals surface area contributed by atoms with Crippen molar-refractivity contribution >= 4 is 5.91 Å². The molecule has 5 atom stereocenters. The lowest BCUT2D eigenvalue weighted by Crippen LogP contribution is -2.65. The summed E-state index contributed by atoms with van der Waals surface area (Å²) in [4.78, 5) is 11.8. The molecular weight excluding hydrogens is 316 g/mol. The maximum absolute atomic E-state index is 11.8. The maximum atomic E-state index is 11.8. The fourth-order valence-corrected chi connectivity index (χ4v) is 5.70. The number of nitrogens with one attached hydrogen (secondary N) is 2. The SMILES string of the molecule is COc1ccc(C)c2c1O[C@H]1[C@@H](NC(C)=O)CCC3C(C)NCCC231. The number of fused-ring (bicyclic) bond motifs is 1. The number of hydrogen-bond donors (Lipinski definition) is 2. The van der Waals surface area contributed by atoms with Crippen molar-refractivity contribution < 1.29 is 14.3 Å². The Morgan fingerprint density at radius 1 is 1.40 bits per heavy atom. The number of hydrogen-bond acceptors (Lipinski definition) is 4. The fourth-order valence-electron chi connectivity index (χ4n) is 5.70. The van der Waals surface area contributed by atoms with Gasteiger partial charge in [-0.25, -0.2) is 0 Å². The highest BCUT2D eigenvalue weighted by atomic mass is 16.5. The van der Waals surface area contributed by atoms with Gasteiger partial charge in [-0.3, -0.25) is 4.79 Å². The molecule has 0 bridgehead atoms. The summed E-state index contributed by atoms with van der Waals surface area (Å²) in [5, 5.41) is 6.81. The molecule has 1 spiro atoms. The van der Waals surface area contributed by atoms with Crippen LogP contribution >= 0.6 is 0 Å². The van der Waals surface area contributed by atoms with Gasteiger partial charge in [0.2, 0.25) is 5.91 Å². The van der Waals surface area contributed by atoms with E-state index in [0.29, 0.717) is 12.0 Å². The monoisotopic (exact) mass is 344 g/mol. The van der Waals surface area contributed by atoms with Crippen LogP contribution in [0.25, 0.3) is 0 Å². The average molecular weight is 344 g/mol. The summed E-state index contributed by atoms with van der Waals surface area (Å²) in [6.07, 6.45) is 3.06. The molecule has 2 fully saturated rings. The highest BCUT2D eigenvalue weighted by molar-refractivity contribution is 5.73. The van der Waals surface area contributed by atoms with Crippen molar-refractivity contribution in [1.29, 1.82) is 0 Å². The van der Waals surface area contributed by atoms with Gasteiger partial charge in [0.15, 0.2) is 11.5 Å². The quantitative estimate of drug-likeness (QED) is 0.864. The lowest BCUT2D eigenvalue weighted by Gasteiger charge is -2.53. The molecule has 25 heavy (non-hydrogen) atoms. The zero-order valence-corrected chi connectivity index (χ0v) is 15.5. The van der Waals surface area contributed by atoms with Crippen LogP contribution in [0.2, 0.25) is 0 Å². The second-order valence-electron chi connectivity index (χ2n) is 7.85. The van der Waals surface area contributed by atoms with E-state index in [4.69, 9.17) is 9.47 Å². The molecule has 0 aromatic heterocycles. The zero-order valence-electron chi connectivity index (χ0n) is 15.5. The third kappa shape index (κ3) is 2.28. The summed E-state index contributed by atoms with van der Waals surface area (Å²) in [6.45, 7) is 7.03. The molecule has 0 radical (unpaired) electrons. The topological polar surface area (TPSA) is 59.6 Å². The van der Waals surface area contributed by atoms with Crippen molar-refractivity contribution in [2.45, 2.75) is 63.6 Å². The predicted octanol–water partition coefficient (Wildman–Crippen LogP) is 2.30. The second-order valence-corrected chi connectivity index (χ2v) is 7.85. The molecule has 1 saturated carbocycles. The molecule has 5 nitrogen and oxygen atoms in total. The Morgan fingerprint density at radius 2 is 2.20 bits per heavy atom. The highest BCUT2D eigenvalue weighted by Crippen LogP contribution is 2.60. The fraction of sp³-hybridized carbons (Fsp3) is 0.650. The largest absolute Gasteiger partial charge is 0.493 e. The average Bonchev–Trinajstić information content (AvgIpc) is 2.91. The van der Waals surface area contributed by atoms with Crippen molar-refractivity contribution in [3.63, 3.8) is 0 Å². The van der Waals surface area contributed by atoms with Crippen LogP contribution in [0.4, 0.5) is 0 Å². The van der Waals surface area contributed by atoms with Gasteiger partial charge in [0.05, 0.1) is 13.2 Å². The van der Waals surface area contributed by atoms with Crippen LogP contribution < -0.4 is 20.1 Å². The Hall–Kier alpha value is -1.75. The first-order valence-electron chi connectivity index (χ1n) is 9.34. The summed E-state index contributed by atoms with van der Waals surface area (Å²) >= 11 is 0. The van der Waals surface area contributed by atoms with Crippen molar-refractivity contribution in [2.24, 2.45) is 5.92 Å². The summed E-state index contributed by atoms with van der Waals surface area (Å²) in [7, 11) is 1.70. The van der Waals surface area contributed by atoms with E-state index in [1.54, 1.807) is 14.0 Å². The second kappa shape index (κ2) is 5.90. The molecule has 3 unspecified atom stereocenters. The Morgan fingerprint density at radius 3 is 2.92 bits per heavy atom. The van der Waals surface area contributed by atoms with Gasteiger partial charge in [-0.1, -0.05) is 6.07 Å². The van der Waals surface area contributed by atoms with Gasteiger partial charge in [0.1, 0.15) is 6.10 Å². The van der Waals surface area contributed by atoms with Crippen LogP contribution in [0, 0.1) is 12.8 Å². The van der Waals surface area contributed by atoms with Crippen LogP contribution in [0.5, 0.6) is 11.5 Å². The Balaban J connectivity index is 1.89. The molecule has 136 valence electrons. The van der Waals surface area contributed by atoms with E-state index in [9.17, 15) is 4.79 Å². The highest BCUT2D eigenvalue weighted by Gasteiger charge is 2.62. The Labute approximate surface area is 149 Å². The zero-order chi connectivity index (χ0) is 17.8. The summed E-state index contributed by atoms with van der Waals surface area (Å²) in [5.74, 6) is 2.21. The number of amides is 1. The minimum Gasteiger partial charge on any atom is -0.493 e. The van der Waals surface area contributed by atoms with Gasteiger partial charge in [-0.2, -0.15) is 0 Å². The Kier molecular flexibility index (Phi) is 3.95. The first-order chi connectivity index (χ1) is 12.0. The van der Waals surface area contributed by atoms with Crippen LogP contribution in [-0.4, -0.2) is 37.7 Å². The number of piperidine rings is 1. The summed E-state index contributed by atoms with van der Waals surface area (Å²) < 4.78 is 12.2. The van der Waals surface area contributed by atoms with Crippen molar-refractivity contribution in [3.8, 4) is 11.5 Å². The first kappa shape index (κ1) is 16.7. The maximum Gasteiger partial charge on any atom is 0.217 e. The molecule has 2 N–H and O–H groups in total. The van der Waals surface area contributed by atoms with Crippen molar-refractivity contribution in [2.75, 3.05) is 13.7 Å². The Bertz CT molecular complexity index is 704. The van der Waals surface area contributed by atoms with Gasteiger partial charge >= 0.3 is 0 Å². The minimum atomic E-state index is -0.0516. The van der Waals surface area contributed by atoms with Gasteiger partial charge < -0.3 is 20.1 Å². The third-order valence-corrected chi connectivity index (χ3v) is 6.58. The van der Waals surface area contributed by atoms with E-state index in [1.807, 2.05) is 6.07 Å². The van der Waals surface area contributed by atoms with Crippen LogP contribution in [0.3, 0.4) is 0 Å². The van der Waals surface area contributed by atoms with Crippen molar-refractivity contribution in [3.05, 3.63) is 23.3 Å². The lowest BCUT2D eigenvalue weighted by molar-refractivity contribution is -0.121. The minimum absolute atomic E-state index is 0.0174. The molecule has 1 aliphatic carbocycles. The number of ether oxygens (including phenoxy) is 2. The normalized spacial score (nSPS) is 35.8. The number of benzene rings is 1. The lowest BCUT2D eigenvalue weighted by atomic mass is 9.55. The number of rotatable bonds is 2. The van der Waals surface area contributed by atoms with Crippen LogP contribution in [-0.2, 0) is 10.2 Å². The van der Waals surface area contributed by atoms with Crippen LogP contribution in [0.1, 0.15) is 44.2 Å². The van der Waals surface area contributed by atoms with Gasteiger partial charge in [-0.05, 0) is 57.2 Å². The van der Waals surface area contributed by atoms with Crippen molar-refractivity contribution in [1.82, 2.24) is 10.6 Å². The molecule has 1 aromatic rings. The van der Waals surface area contributed by atoms with E-state index in [0.717, 1.165) is 37.3 Å². The van der Waals surface area contributed by atoms with E-state index in [1.165, 1.54) is 11.1 Å². The standard InChI is InChI=1S/C20H28N2O3/c1-11-5-8-16(24-4)18-17(11)20-9-10-21-12(2)14(20)6-7-15(19(20)25-18)22-13(3)23/h5,8,12,14-15,19,21H,6-7,9-10H2,1-4H3,(H,22,23)/t12?,14?,15-,19-,20?/m0/s1. The number of carbonyl (C=O) groups is 1. The van der Waals surface area contributed by atoms with Crippen LogP contribution in [0.15, 0.2) is 12.1 Å². The van der Waals surface area contributed by atoms with Gasteiger partial charge in [-0.15, -0.1) is 0 Å². The number of aryl methyl sites for hydroxylation is 1. The molecule has 1 aromatic carbocycles. The molecule has 2 aliphatic heterocycles. The number of carbonyl (C=O) groups excluding carboxylic acids is 1. The van der Waals surface area contributed by atoms with E-state index >= 15 is 0 Å². The number of methoxy groups -OCH3 is 1. The van der Waals surface area contributed by atoms with Gasteiger partial charge in [0, 0.05) is 23.9 Å².